The number of carbonyl (C=O) groups is 2. The van der Waals surface area contributed by atoms with Crippen molar-refractivity contribution >= 4 is 17.6 Å². The maximum atomic E-state index is 12.9. The first kappa shape index (κ1) is 19.9. The summed E-state index contributed by atoms with van der Waals surface area (Å²) in [4.78, 5) is 24.5. The van der Waals surface area contributed by atoms with E-state index in [1.54, 1.807) is 6.92 Å². The van der Waals surface area contributed by atoms with Crippen LogP contribution in [0.4, 0.5) is 5.82 Å². The van der Waals surface area contributed by atoms with Gasteiger partial charge in [-0.05, 0) is 37.1 Å². The average Bonchev–Trinajstić information content (AvgIpc) is 3.33. The lowest BCUT2D eigenvalue weighted by molar-refractivity contribution is -0.126. The molecule has 2 aromatic carbocycles. The number of anilines is 1. The van der Waals surface area contributed by atoms with Crippen LogP contribution in [0.2, 0.25) is 0 Å². The highest BCUT2D eigenvalue weighted by atomic mass is 16.2. The number of hydrogen-bond donors (Lipinski definition) is 2. The zero-order valence-corrected chi connectivity index (χ0v) is 17.3. The average molecular weight is 402 g/mol. The van der Waals surface area contributed by atoms with Crippen LogP contribution < -0.4 is 10.6 Å². The van der Waals surface area contributed by atoms with E-state index in [0.717, 1.165) is 29.8 Å². The van der Waals surface area contributed by atoms with E-state index in [1.165, 1.54) is 5.56 Å². The lowest BCUT2D eigenvalue weighted by Crippen LogP contribution is -2.35. The molecule has 2 amide bonds. The SMILES string of the molecule is CCCc1cccc(-c2cc(NC(=O)C3(C)CNC(=O)C3)nn2-c2ccccc2)c1. The van der Waals surface area contributed by atoms with E-state index < -0.39 is 5.41 Å². The highest BCUT2D eigenvalue weighted by molar-refractivity contribution is 5.99. The zero-order valence-electron chi connectivity index (χ0n) is 17.3. The van der Waals surface area contributed by atoms with E-state index in [-0.39, 0.29) is 18.2 Å². The molecule has 0 saturated carbocycles. The molecule has 30 heavy (non-hydrogen) atoms. The summed E-state index contributed by atoms with van der Waals surface area (Å²) in [5, 5.41) is 10.3. The van der Waals surface area contributed by atoms with Crippen molar-refractivity contribution in [2.75, 3.05) is 11.9 Å². The predicted octanol–water partition coefficient (Wildman–Crippen LogP) is 3.96. The molecule has 4 rings (SSSR count). The number of para-hydroxylation sites is 1. The van der Waals surface area contributed by atoms with Crippen LogP contribution in [0.25, 0.3) is 16.9 Å². The second-order valence-corrected chi connectivity index (χ2v) is 8.08. The molecule has 0 spiro atoms. The Kier molecular flexibility index (Phi) is 5.40. The summed E-state index contributed by atoms with van der Waals surface area (Å²) >= 11 is 0. The summed E-state index contributed by atoms with van der Waals surface area (Å²) in [6.07, 6.45) is 2.27. The third kappa shape index (κ3) is 3.99. The third-order valence-corrected chi connectivity index (χ3v) is 5.49. The smallest absolute Gasteiger partial charge is 0.233 e. The van der Waals surface area contributed by atoms with Crippen molar-refractivity contribution in [3.05, 3.63) is 66.2 Å². The highest BCUT2D eigenvalue weighted by Gasteiger charge is 2.41. The summed E-state index contributed by atoms with van der Waals surface area (Å²) in [6.45, 7) is 4.30. The molecule has 2 N–H and O–H groups in total. The Morgan fingerprint density at radius 2 is 1.97 bits per heavy atom. The Morgan fingerprint density at radius 3 is 2.67 bits per heavy atom. The largest absolute Gasteiger partial charge is 0.355 e. The fourth-order valence-corrected chi connectivity index (χ4v) is 3.79. The van der Waals surface area contributed by atoms with Crippen molar-refractivity contribution in [1.82, 2.24) is 15.1 Å². The van der Waals surface area contributed by atoms with Gasteiger partial charge in [0.1, 0.15) is 0 Å². The fraction of sp³-hybridized carbons (Fsp3) is 0.292. The first-order valence-electron chi connectivity index (χ1n) is 10.3. The van der Waals surface area contributed by atoms with Crippen LogP contribution in [0.15, 0.2) is 60.7 Å². The van der Waals surface area contributed by atoms with Gasteiger partial charge in [0.2, 0.25) is 11.8 Å². The van der Waals surface area contributed by atoms with Gasteiger partial charge in [0, 0.05) is 24.6 Å². The second-order valence-electron chi connectivity index (χ2n) is 8.08. The van der Waals surface area contributed by atoms with Gasteiger partial charge in [-0.3, -0.25) is 9.59 Å². The molecular formula is C24H26N4O2. The predicted molar refractivity (Wildman–Crippen MR) is 117 cm³/mol. The first-order valence-corrected chi connectivity index (χ1v) is 10.3. The van der Waals surface area contributed by atoms with Gasteiger partial charge in [-0.15, -0.1) is 5.10 Å². The summed E-state index contributed by atoms with van der Waals surface area (Å²) < 4.78 is 1.85. The van der Waals surface area contributed by atoms with Crippen LogP contribution in [0, 0.1) is 5.41 Å². The molecule has 6 heteroatoms. The normalized spacial score (nSPS) is 18.3. The zero-order chi connectivity index (χ0) is 21.1. The van der Waals surface area contributed by atoms with E-state index in [0.29, 0.717) is 12.4 Å². The molecule has 2 heterocycles. The van der Waals surface area contributed by atoms with Gasteiger partial charge >= 0.3 is 0 Å². The Morgan fingerprint density at radius 1 is 1.17 bits per heavy atom. The molecule has 1 fully saturated rings. The van der Waals surface area contributed by atoms with E-state index in [4.69, 9.17) is 0 Å². The molecule has 1 unspecified atom stereocenters. The summed E-state index contributed by atoms with van der Waals surface area (Å²) in [7, 11) is 0. The minimum atomic E-state index is -0.769. The standard InChI is InChI=1S/C24H26N4O2/c1-3-8-17-9-7-10-18(13-17)20-14-21(27-28(20)19-11-5-4-6-12-19)26-23(30)24(2)15-22(29)25-16-24/h4-7,9-14H,3,8,15-16H2,1-2H3,(H,25,29)(H,26,27,30). The highest BCUT2D eigenvalue weighted by Crippen LogP contribution is 2.30. The van der Waals surface area contributed by atoms with Crippen LogP contribution in [0.1, 0.15) is 32.3 Å². The molecule has 1 atom stereocenters. The molecular weight excluding hydrogens is 376 g/mol. The quantitative estimate of drug-likeness (QED) is 0.655. The second kappa shape index (κ2) is 8.14. The number of nitrogens with one attached hydrogen (secondary N) is 2. The Hall–Kier alpha value is -3.41. The first-order chi connectivity index (χ1) is 14.5. The van der Waals surface area contributed by atoms with Crippen LogP contribution in [-0.2, 0) is 16.0 Å². The van der Waals surface area contributed by atoms with Crippen molar-refractivity contribution in [3.63, 3.8) is 0 Å². The molecule has 1 aliphatic rings. The number of carbonyl (C=O) groups excluding carboxylic acids is 2. The van der Waals surface area contributed by atoms with Gasteiger partial charge in [0.15, 0.2) is 5.82 Å². The van der Waals surface area contributed by atoms with Gasteiger partial charge in [0.25, 0.3) is 0 Å². The van der Waals surface area contributed by atoms with Gasteiger partial charge in [0.05, 0.1) is 16.8 Å². The van der Waals surface area contributed by atoms with Crippen LogP contribution >= 0.6 is 0 Å². The van der Waals surface area contributed by atoms with Crippen molar-refractivity contribution in [3.8, 4) is 16.9 Å². The van der Waals surface area contributed by atoms with Gasteiger partial charge in [-0.25, -0.2) is 4.68 Å². The lowest BCUT2D eigenvalue weighted by atomic mass is 9.88. The molecule has 154 valence electrons. The molecule has 1 saturated heterocycles. The number of rotatable bonds is 6. The number of aryl methyl sites for hydroxylation is 1. The number of aromatic nitrogens is 2. The lowest BCUT2D eigenvalue weighted by Gasteiger charge is -2.19. The van der Waals surface area contributed by atoms with Crippen LogP contribution in [0.3, 0.4) is 0 Å². The maximum Gasteiger partial charge on any atom is 0.233 e. The summed E-state index contributed by atoms with van der Waals surface area (Å²) in [6, 6.07) is 20.2. The van der Waals surface area contributed by atoms with Gasteiger partial charge in [-0.2, -0.15) is 0 Å². The minimum Gasteiger partial charge on any atom is -0.355 e. The number of benzene rings is 2. The van der Waals surface area contributed by atoms with E-state index in [2.05, 4.69) is 46.9 Å². The molecule has 1 aliphatic heterocycles. The monoisotopic (exact) mass is 402 g/mol. The van der Waals surface area contributed by atoms with Gasteiger partial charge in [-0.1, -0.05) is 49.7 Å². The Bertz CT molecular complexity index is 1070. The molecule has 1 aromatic heterocycles. The van der Waals surface area contributed by atoms with Gasteiger partial charge < -0.3 is 10.6 Å². The van der Waals surface area contributed by atoms with Crippen molar-refractivity contribution in [2.24, 2.45) is 5.41 Å². The Balaban J connectivity index is 1.71. The van der Waals surface area contributed by atoms with E-state index in [9.17, 15) is 9.59 Å². The number of amides is 2. The summed E-state index contributed by atoms with van der Waals surface area (Å²) in [5.74, 6) is 0.168. The maximum absolute atomic E-state index is 12.9. The Labute approximate surface area is 176 Å². The minimum absolute atomic E-state index is 0.101. The molecule has 0 bridgehead atoms. The number of nitrogens with zero attached hydrogens (tertiary/aromatic N) is 2. The molecule has 3 aromatic rings. The van der Waals surface area contributed by atoms with Crippen LogP contribution in [0.5, 0.6) is 0 Å². The third-order valence-electron chi connectivity index (χ3n) is 5.49. The molecule has 6 nitrogen and oxygen atoms in total. The topological polar surface area (TPSA) is 76.0 Å². The number of hydrogen-bond acceptors (Lipinski definition) is 3. The molecule has 0 radical (unpaired) electrons. The van der Waals surface area contributed by atoms with Crippen molar-refractivity contribution in [1.29, 1.82) is 0 Å². The van der Waals surface area contributed by atoms with E-state index in [1.807, 2.05) is 41.1 Å². The fourth-order valence-electron chi connectivity index (χ4n) is 3.79. The van der Waals surface area contributed by atoms with Crippen molar-refractivity contribution < 1.29 is 9.59 Å². The molecule has 0 aliphatic carbocycles. The summed E-state index contributed by atoms with van der Waals surface area (Å²) in [5.41, 5.74) is 3.36. The van der Waals surface area contributed by atoms with Crippen molar-refractivity contribution in [2.45, 2.75) is 33.1 Å². The van der Waals surface area contributed by atoms with Crippen LogP contribution in [-0.4, -0.2) is 28.1 Å². The van der Waals surface area contributed by atoms with E-state index >= 15 is 0 Å².